The minimum Gasteiger partial charge on any atom is -0.457 e. The number of nitriles is 1. The predicted octanol–water partition coefficient (Wildman–Crippen LogP) is 5.81. The second-order valence-electron chi connectivity index (χ2n) is 7.09. The molecule has 0 saturated carbocycles. The molecule has 0 bridgehead atoms. The lowest BCUT2D eigenvalue weighted by molar-refractivity contribution is -0.120. The van der Waals surface area contributed by atoms with Gasteiger partial charge in [-0.3, -0.25) is 4.79 Å². The molecule has 30 heavy (non-hydrogen) atoms. The maximum absolute atomic E-state index is 12.8. The van der Waals surface area contributed by atoms with Crippen LogP contribution >= 0.6 is 11.3 Å². The number of anilines is 1. The maximum Gasteiger partial charge on any atom is 0.349 e. The number of benzene rings is 2. The van der Waals surface area contributed by atoms with E-state index in [9.17, 15) is 14.9 Å². The Bertz CT molecular complexity index is 1120. The Morgan fingerprint density at radius 3 is 2.53 bits per heavy atom. The van der Waals surface area contributed by atoms with E-state index < -0.39 is 5.97 Å². The first kappa shape index (κ1) is 21.5. The number of amides is 1. The van der Waals surface area contributed by atoms with Crippen molar-refractivity contribution < 1.29 is 14.3 Å². The molecule has 0 aliphatic carbocycles. The summed E-state index contributed by atoms with van der Waals surface area (Å²) < 4.78 is 5.56. The van der Waals surface area contributed by atoms with Gasteiger partial charge in [0.2, 0.25) is 5.91 Å². The molecular formula is C24H24N2O3S. The molecule has 0 unspecified atom stereocenters. The van der Waals surface area contributed by atoms with Crippen LogP contribution in [-0.4, -0.2) is 11.9 Å². The number of carbonyl (C=O) groups is 2. The molecule has 3 aromatic rings. The van der Waals surface area contributed by atoms with E-state index in [1.807, 2.05) is 56.3 Å². The van der Waals surface area contributed by atoms with Crippen molar-refractivity contribution in [1.29, 1.82) is 5.26 Å². The van der Waals surface area contributed by atoms with Crippen LogP contribution in [0, 0.1) is 24.2 Å². The molecule has 1 N–H and O–H groups in total. The zero-order valence-corrected chi connectivity index (χ0v) is 18.1. The lowest BCUT2D eigenvalue weighted by atomic mass is 10.0. The molecule has 154 valence electrons. The predicted molar refractivity (Wildman–Crippen MR) is 120 cm³/mol. The highest BCUT2D eigenvalue weighted by Crippen LogP contribution is 2.34. The SMILES string of the molecule is CCC(CC)C(=O)Nc1sc(C(=O)OCc2cccc3ccccc23)c(C)c1C#N. The first-order valence-corrected chi connectivity index (χ1v) is 10.8. The lowest BCUT2D eigenvalue weighted by Crippen LogP contribution is -2.21. The summed E-state index contributed by atoms with van der Waals surface area (Å²) >= 11 is 1.10. The largest absolute Gasteiger partial charge is 0.457 e. The fraction of sp³-hybridized carbons (Fsp3) is 0.292. The summed E-state index contributed by atoms with van der Waals surface area (Å²) in [6.07, 6.45) is 1.43. The maximum atomic E-state index is 12.8. The molecule has 0 aliphatic heterocycles. The fourth-order valence-corrected chi connectivity index (χ4v) is 4.49. The molecule has 0 fully saturated rings. The van der Waals surface area contributed by atoms with Crippen LogP contribution in [0.15, 0.2) is 42.5 Å². The van der Waals surface area contributed by atoms with Crippen molar-refractivity contribution in [3.8, 4) is 6.07 Å². The van der Waals surface area contributed by atoms with Crippen molar-refractivity contribution in [1.82, 2.24) is 0 Å². The number of carbonyl (C=O) groups excluding carboxylic acids is 2. The van der Waals surface area contributed by atoms with Crippen molar-refractivity contribution in [2.45, 2.75) is 40.2 Å². The average molecular weight is 421 g/mol. The lowest BCUT2D eigenvalue weighted by Gasteiger charge is -2.11. The van der Waals surface area contributed by atoms with E-state index in [2.05, 4.69) is 11.4 Å². The van der Waals surface area contributed by atoms with Crippen molar-refractivity contribution in [3.05, 3.63) is 64.0 Å². The van der Waals surface area contributed by atoms with Gasteiger partial charge in [-0.25, -0.2) is 4.79 Å². The molecule has 0 aliphatic rings. The van der Waals surface area contributed by atoms with Gasteiger partial charge in [0.05, 0.1) is 5.56 Å². The molecule has 0 spiro atoms. The summed E-state index contributed by atoms with van der Waals surface area (Å²) in [5.41, 5.74) is 1.76. The summed E-state index contributed by atoms with van der Waals surface area (Å²) in [5.74, 6) is -0.751. The number of hydrogen-bond acceptors (Lipinski definition) is 5. The smallest absolute Gasteiger partial charge is 0.349 e. The van der Waals surface area contributed by atoms with Gasteiger partial charge in [-0.05, 0) is 41.7 Å². The second-order valence-corrected chi connectivity index (χ2v) is 8.11. The number of ether oxygens (including phenoxy) is 1. The fourth-order valence-electron chi connectivity index (χ4n) is 3.43. The third-order valence-electron chi connectivity index (χ3n) is 5.28. The Morgan fingerprint density at radius 2 is 1.83 bits per heavy atom. The van der Waals surface area contributed by atoms with Crippen molar-refractivity contribution in [2.75, 3.05) is 5.32 Å². The van der Waals surface area contributed by atoms with Crippen LogP contribution in [-0.2, 0) is 16.1 Å². The van der Waals surface area contributed by atoms with E-state index in [0.717, 1.165) is 27.7 Å². The van der Waals surface area contributed by atoms with Crippen molar-refractivity contribution in [3.63, 3.8) is 0 Å². The van der Waals surface area contributed by atoms with Crippen molar-refractivity contribution >= 4 is 39.0 Å². The molecular weight excluding hydrogens is 396 g/mol. The molecule has 0 atom stereocenters. The summed E-state index contributed by atoms with van der Waals surface area (Å²) in [7, 11) is 0. The van der Waals surface area contributed by atoms with Crippen molar-refractivity contribution in [2.24, 2.45) is 5.92 Å². The summed E-state index contributed by atoms with van der Waals surface area (Å²) in [6, 6.07) is 15.9. The summed E-state index contributed by atoms with van der Waals surface area (Å²) in [5, 5.41) is 14.9. The monoisotopic (exact) mass is 420 g/mol. The Hall–Kier alpha value is -3.17. The Labute approximate surface area is 180 Å². The van der Waals surface area contributed by atoms with E-state index >= 15 is 0 Å². The highest BCUT2D eigenvalue weighted by molar-refractivity contribution is 7.18. The van der Waals surface area contributed by atoms with E-state index in [-0.39, 0.29) is 18.4 Å². The number of esters is 1. The zero-order chi connectivity index (χ0) is 21.7. The van der Waals surface area contributed by atoms with Crippen LogP contribution in [0.3, 0.4) is 0 Å². The normalized spacial score (nSPS) is 10.8. The van der Waals surface area contributed by atoms with Gasteiger partial charge in [-0.15, -0.1) is 11.3 Å². The number of fused-ring (bicyclic) bond motifs is 1. The number of hydrogen-bond donors (Lipinski definition) is 1. The summed E-state index contributed by atoms with van der Waals surface area (Å²) in [6.45, 7) is 5.74. The third kappa shape index (κ3) is 4.37. The number of nitrogens with one attached hydrogen (secondary N) is 1. The minimum absolute atomic E-state index is 0.124. The van der Waals surface area contributed by atoms with Gasteiger partial charge in [-0.2, -0.15) is 5.26 Å². The van der Waals surface area contributed by atoms with Gasteiger partial charge in [0, 0.05) is 5.92 Å². The van der Waals surface area contributed by atoms with Gasteiger partial charge in [0.25, 0.3) is 0 Å². The molecule has 2 aromatic carbocycles. The molecule has 5 nitrogen and oxygen atoms in total. The Balaban J connectivity index is 1.80. The molecule has 0 radical (unpaired) electrons. The van der Waals surface area contributed by atoms with Crippen LogP contribution in [0.5, 0.6) is 0 Å². The van der Waals surface area contributed by atoms with Gasteiger partial charge in [-0.1, -0.05) is 56.3 Å². The molecule has 1 heterocycles. The van der Waals surface area contributed by atoms with Gasteiger partial charge in [0.15, 0.2) is 0 Å². The molecule has 6 heteroatoms. The topological polar surface area (TPSA) is 79.2 Å². The standard InChI is InChI=1S/C24H24N2O3S/c1-4-16(5-2)22(27)26-23-20(13-25)15(3)21(30-23)24(28)29-14-18-11-8-10-17-9-6-7-12-19(17)18/h6-12,16H,4-5,14H2,1-3H3,(H,26,27). The zero-order valence-electron chi connectivity index (χ0n) is 17.3. The molecule has 0 saturated heterocycles. The first-order chi connectivity index (χ1) is 14.5. The third-order valence-corrected chi connectivity index (χ3v) is 6.46. The van der Waals surface area contributed by atoms with Gasteiger partial charge < -0.3 is 10.1 Å². The van der Waals surface area contributed by atoms with E-state index in [0.29, 0.717) is 33.8 Å². The highest BCUT2D eigenvalue weighted by atomic mass is 32.1. The average Bonchev–Trinajstić information content (AvgIpc) is 3.07. The van der Waals surface area contributed by atoms with Crippen LogP contribution in [0.2, 0.25) is 0 Å². The first-order valence-electron chi connectivity index (χ1n) is 9.98. The quantitative estimate of drug-likeness (QED) is 0.489. The van der Waals surface area contributed by atoms with Gasteiger partial charge >= 0.3 is 5.97 Å². The van der Waals surface area contributed by atoms with Crippen LogP contribution in [0.1, 0.15) is 53.1 Å². The number of rotatable bonds is 7. The second kappa shape index (κ2) is 9.55. The minimum atomic E-state index is -0.495. The number of thiophene rings is 1. The Kier molecular flexibility index (Phi) is 6.86. The molecule has 1 amide bonds. The van der Waals surface area contributed by atoms with E-state index in [1.54, 1.807) is 6.92 Å². The molecule has 3 rings (SSSR count). The van der Waals surface area contributed by atoms with E-state index in [1.165, 1.54) is 0 Å². The Morgan fingerprint density at radius 1 is 1.13 bits per heavy atom. The van der Waals surface area contributed by atoms with Gasteiger partial charge in [0.1, 0.15) is 22.6 Å². The van der Waals surface area contributed by atoms with Crippen LogP contribution in [0.25, 0.3) is 10.8 Å². The number of nitrogens with zero attached hydrogens (tertiary/aromatic N) is 1. The summed E-state index contributed by atoms with van der Waals surface area (Å²) in [4.78, 5) is 25.5. The van der Waals surface area contributed by atoms with Crippen LogP contribution in [0.4, 0.5) is 5.00 Å². The van der Waals surface area contributed by atoms with E-state index in [4.69, 9.17) is 4.74 Å². The molecule has 1 aromatic heterocycles. The highest BCUT2D eigenvalue weighted by Gasteiger charge is 2.24. The van der Waals surface area contributed by atoms with Crippen LogP contribution < -0.4 is 5.32 Å².